The maximum absolute atomic E-state index is 12.3. The molecule has 1 aromatic carbocycles. The van der Waals surface area contributed by atoms with Crippen LogP contribution in [0.15, 0.2) is 24.3 Å². The number of hydrogen-bond donors (Lipinski definition) is 1. The summed E-state index contributed by atoms with van der Waals surface area (Å²) < 4.78 is 36.9. The van der Waals surface area contributed by atoms with E-state index in [1.54, 1.807) is 0 Å². The molecule has 0 aromatic heterocycles. The minimum absolute atomic E-state index is 0.0435. The molecule has 0 fully saturated rings. The van der Waals surface area contributed by atoms with Gasteiger partial charge in [0.25, 0.3) is 0 Å². The van der Waals surface area contributed by atoms with Gasteiger partial charge < -0.3 is 0 Å². The number of hydrogen-bond acceptors (Lipinski definition) is 2. The molecule has 0 aliphatic rings. The van der Waals surface area contributed by atoms with Gasteiger partial charge in [0, 0.05) is 0 Å². The molecule has 1 rings (SSSR count). The van der Waals surface area contributed by atoms with Gasteiger partial charge in [-0.25, -0.2) is 5.01 Å². The topological polar surface area (TPSA) is 15.3 Å². The molecule has 7 heteroatoms. The van der Waals surface area contributed by atoms with Crippen LogP contribution in [0, 0.1) is 0 Å². The van der Waals surface area contributed by atoms with Crippen LogP contribution in [0.2, 0.25) is 5.02 Å². The molecule has 1 aromatic rings. The number of benzene rings is 1. The molecule has 0 heterocycles. The van der Waals surface area contributed by atoms with Crippen molar-refractivity contribution in [1.29, 1.82) is 0 Å². The standard InChI is InChI=1S/C7H5Cl2F3N2/c8-5-3-1-2-4-6(5)14(13-9)7(10,11)12/h1-4,13H. The molecule has 0 saturated carbocycles. The van der Waals surface area contributed by atoms with Gasteiger partial charge in [-0.05, 0) is 23.9 Å². The fourth-order valence-corrected chi connectivity index (χ4v) is 1.27. The fraction of sp³-hybridized carbons (Fsp3) is 0.143. The predicted molar refractivity (Wildman–Crippen MR) is 49.0 cm³/mol. The lowest BCUT2D eigenvalue weighted by Gasteiger charge is -2.24. The van der Waals surface area contributed by atoms with Crippen LogP contribution in [0.5, 0.6) is 0 Å². The normalized spacial score (nSPS) is 11.5. The van der Waals surface area contributed by atoms with E-state index in [0.29, 0.717) is 0 Å². The number of alkyl halides is 3. The minimum Gasteiger partial charge on any atom is -0.201 e. The summed E-state index contributed by atoms with van der Waals surface area (Å²) in [4.78, 5) is 1.50. The van der Waals surface area contributed by atoms with Crippen molar-refractivity contribution >= 4 is 29.1 Å². The predicted octanol–water partition coefficient (Wildman–Crippen LogP) is 3.32. The maximum atomic E-state index is 12.3. The number of hydrazine groups is 1. The minimum atomic E-state index is -4.63. The first-order valence-electron chi connectivity index (χ1n) is 3.44. The third kappa shape index (κ3) is 2.43. The molecule has 0 saturated heterocycles. The molecule has 0 amide bonds. The van der Waals surface area contributed by atoms with Crippen LogP contribution >= 0.6 is 23.4 Å². The van der Waals surface area contributed by atoms with E-state index in [0.717, 1.165) is 0 Å². The lowest BCUT2D eigenvalue weighted by atomic mass is 10.3. The number of para-hydroxylation sites is 1. The first kappa shape index (κ1) is 11.4. The second-order valence-corrected chi connectivity index (χ2v) is 2.92. The molecule has 0 spiro atoms. The van der Waals surface area contributed by atoms with Crippen LogP contribution < -0.4 is 9.95 Å². The summed E-state index contributed by atoms with van der Waals surface area (Å²) in [5.41, 5.74) is -0.253. The average Bonchev–Trinajstić information content (AvgIpc) is 2.07. The van der Waals surface area contributed by atoms with Crippen molar-refractivity contribution in [3.8, 4) is 0 Å². The number of rotatable bonds is 2. The van der Waals surface area contributed by atoms with Gasteiger partial charge in [-0.1, -0.05) is 23.7 Å². The van der Waals surface area contributed by atoms with Gasteiger partial charge in [-0.3, -0.25) is 0 Å². The SMILES string of the molecule is FC(F)(F)N(NCl)c1ccccc1Cl. The quantitative estimate of drug-likeness (QED) is 0.488. The third-order valence-electron chi connectivity index (χ3n) is 1.43. The van der Waals surface area contributed by atoms with Crippen molar-refractivity contribution in [2.75, 3.05) is 5.01 Å². The monoisotopic (exact) mass is 244 g/mol. The van der Waals surface area contributed by atoms with Crippen LogP contribution in [0.4, 0.5) is 18.9 Å². The number of anilines is 1. The Bertz CT molecular complexity index is 316. The molecule has 2 nitrogen and oxygen atoms in total. The molecule has 14 heavy (non-hydrogen) atoms. The van der Waals surface area contributed by atoms with E-state index in [1.807, 2.05) is 0 Å². The van der Waals surface area contributed by atoms with Crippen molar-refractivity contribution in [3.05, 3.63) is 29.3 Å². The van der Waals surface area contributed by atoms with Crippen LogP contribution in [0.1, 0.15) is 0 Å². The first-order chi connectivity index (χ1) is 6.46. The van der Waals surface area contributed by atoms with Gasteiger partial charge in [0.1, 0.15) is 0 Å². The van der Waals surface area contributed by atoms with Gasteiger partial charge in [0.05, 0.1) is 10.7 Å². The van der Waals surface area contributed by atoms with Gasteiger partial charge in [0.2, 0.25) is 0 Å². The second-order valence-electron chi connectivity index (χ2n) is 2.34. The van der Waals surface area contributed by atoms with E-state index >= 15 is 0 Å². The van der Waals surface area contributed by atoms with Gasteiger partial charge >= 0.3 is 6.30 Å². The zero-order valence-corrected chi connectivity index (χ0v) is 8.16. The molecule has 0 unspecified atom stereocenters. The highest BCUT2D eigenvalue weighted by molar-refractivity contribution is 6.33. The fourth-order valence-electron chi connectivity index (χ4n) is 0.863. The van der Waals surface area contributed by atoms with Gasteiger partial charge in [-0.2, -0.15) is 0 Å². The van der Waals surface area contributed by atoms with E-state index in [2.05, 4.69) is 0 Å². The zero-order chi connectivity index (χ0) is 10.8. The highest BCUT2D eigenvalue weighted by Gasteiger charge is 2.38. The number of halogens is 5. The Morgan fingerprint density at radius 2 is 1.79 bits per heavy atom. The van der Waals surface area contributed by atoms with Crippen molar-refractivity contribution in [3.63, 3.8) is 0 Å². The van der Waals surface area contributed by atoms with Crippen molar-refractivity contribution in [2.24, 2.45) is 0 Å². The van der Waals surface area contributed by atoms with Gasteiger partial charge in [0.15, 0.2) is 0 Å². The average molecular weight is 245 g/mol. The highest BCUT2D eigenvalue weighted by atomic mass is 35.5. The molecule has 0 atom stereocenters. The summed E-state index contributed by atoms with van der Waals surface area (Å²) in [5.74, 6) is 0. The summed E-state index contributed by atoms with van der Waals surface area (Å²) >= 11 is 10.5. The van der Waals surface area contributed by atoms with Crippen LogP contribution in [-0.2, 0) is 0 Å². The largest absolute Gasteiger partial charge is 0.500 e. The zero-order valence-electron chi connectivity index (χ0n) is 6.65. The third-order valence-corrected chi connectivity index (χ3v) is 1.92. The Morgan fingerprint density at radius 3 is 2.21 bits per heavy atom. The lowest BCUT2D eigenvalue weighted by molar-refractivity contribution is -0.132. The molecule has 0 aliphatic carbocycles. The first-order valence-corrected chi connectivity index (χ1v) is 4.20. The molecule has 0 radical (unpaired) electrons. The Balaban J connectivity index is 3.08. The number of nitrogens with zero attached hydrogens (tertiary/aromatic N) is 1. The molecule has 78 valence electrons. The molecular weight excluding hydrogens is 240 g/mol. The van der Waals surface area contributed by atoms with E-state index in [9.17, 15) is 13.2 Å². The summed E-state index contributed by atoms with van der Waals surface area (Å²) in [6.07, 6.45) is -4.63. The Kier molecular flexibility index (Phi) is 3.47. The van der Waals surface area contributed by atoms with E-state index in [-0.39, 0.29) is 15.7 Å². The van der Waals surface area contributed by atoms with Crippen molar-refractivity contribution < 1.29 is 13.2 Å². The van der Waals surface area contributed by atoms with Crippen molar-refractivity contribution in [1.82, 2.24) is 4.94 Å². The smallest absolute Gasteiger partial charge is 0.201 e. The molecule has 0 aliphatic heterocycles. The highest BCUT2D eigenvalue weighted by Crippen LogP contribution is 2.31. The Morgan fingerprint density at radius 1 is 1.21 bits per heavy atom. The molecular formula is C7H5Cl2F3N2. The second kappa shape index (κ2) is 4.25. The number of nitrogens with one attached hydrogen (secondary N) is 1. The van der Waals surface area contributed by atoms with Crippen LogP contribution in [-0.4, -0.2) is 6.30 Å². The summed E-state index contributed by atoms with van der Waals surface area (Å²) in [6, 6.07) is 5.48. The Hall–Kier alpha value is -0.650. The van der Waals surface area contributed by atoms with E-state index in [1.165, 1.54) is 29.2 Å². The maximum Gasteiger partial charge on any atom is 0.500 e. The van der Waals surface area contributed by atoms with Crippen LogP contribution in [0.25, 0.3) is 0 Å². The molecule has 1 N–H and O–H groups in total. The van der Waals surface area contributed by atoms with E-state index in [4.69, 9.17) is 23.4 Å². The van der Waals surface area contributed by atoms with Crippen molar-refractivity contribution in [2.45, 2.75) is 6.30 Å². The van der Waals surface area contributed by atoms with Crippen LogP contribution in [0.3, 0.4) is 0 Å². The lowest BCUT2D eigenvalue weighted by Crippen LogP contribution is -2.44. The van der Waals surface area contributed by atoms with Gasteiger partial charge in [-0.15, -0.1) is 18.1 Å². The van der Waals surface area contributed by atoms with E-state index < -0.39 is 6.30 Å². The Labute approximate surface area is 88.3 Å². The molecule has 0 bridgehead atoms. The summed E-state index contributed by atoms with van der Waals surface area (Å²) in [7, 11) is 0. The summed E-state index contributed by atoms with van der Waals surface area (Å²) in [6.45, 7) is 0. The summed E-state index contributed by atoms with van der Waals surface area (Å²) in [5, 5.41) is -0.227.